The van der Waals surface area contributed by atoms with Crippen molar-refractivity contribution in [1.29, 1.82) is 0 Å². The molecule has 0 saturated carbocycles. The fourth-order valence-corrected chi connectivity index (χ4v) is 3.73. The van der Waals surface area contributed by atoms with Crippen molar-refractivity contribution in [3.63, 3.8) is 0 Å². The van der Waals surface area contributed by atoms with Gasteiger partial charge in [0.05, 0.1) is 5.56 Å². The topological polar surface area (TPSA) is 45.5 Å². The van der Waals surface area contributed by atoms with Gasteiger partial charge in [-0.25, -0.2) is 0 Å². The lowest BCUT2D eigenvalue weighted by atomic mass is 10.0. The molecule has 4 heteroatoms. The summed E-state index contributed by atoms with van der Waals surface area (Å²) >= 11 is 0. The molecule has 1 amide bonds. The van der Waals surface area contributed by atoms with Gasteiger partial charge in [-0.15, -0.1) is 0 Å². The first-order valence-corrected chi connectivity index (χ1v) is 8.67. The highest BCUT2D eigenvalue weighted by molar-refractivity contribution is 6.09. The Morgan fingerprint density at radius 3 is 2.68 bits per heavy atom. The first-order valence-electron chi connectivity index (χ1n) is 8.67. The number of rotatable bonds is 3. The van der Waals surface area contributed by atoms with Gasteiger partial charge in [0.2, 0.25) is 0 Å². The monoisotopic (exact) mass is 334 g/mol. The van der Waals surface area contributed by atoms with Gasteiger partial charge in [0.15, 0.2) is 0 Å². The highest BCUT2D eigenvalue weighted by atomic mass is 16.3. The third kappa shape index (κ3) is 2.63. The molecule has 1 aliphatic rings. The molecule has 1 N–H and O–H groups in total. The molecule has 1 atom stereocenters. The number of aliphatic hydroxyl groups excluding tert-OH is 1. The van der Waals surface area contributed by atoms with Crippen LogP contribution in [0, 0.1) is 6.92 Å². The molecular formula is C21H22N2O2. The Bertz CT molecular complexity index is 943. The van der Waals surface area contributed by atoms with Crippen LogP contribution in [-0.4, -0.2) is 33.8 Å². The molecular weight excluding hydrogens is 312 g/mol. The molecule has 2 heterocycles. The van der Waals surface area contributed by atoms with E-state index in [1.165, 1.54) is 10.5 Å². The molecule has 0 radical (unpaired) electrons. The lowest BCUT2D eigenvalue weighted by Crippen LogP contribution is -2.43. The molecule has 0 fully saturated rings. The third-order valence-electron chi connectivity index (χ3n) is 5.15. The van der Waals surface area contributed by atoms with Crippen LogP contribution in [0.1, 0.15) is 27.2 Å². The summed E-state index contributed by atoms with van der Waals surface area (Å²) in [7, 11) is 1.67. The summed E-state index contributed by atoms with van der Waals surface area (Å²) in [5, 5.41) is 11.3. The minimum Gasteiger partial charge on any atom is -0.373 e. The Labute approximate surface area is 147 Å². The molecule has 25 heavy (non-hydrogen) atoms. The number of aryl methyl sites for hydroxylation is 3. The SMILES string of the molecule is Cc1ccc2c(c1)c1c(n2CCc2ccccc2)CC(O)N(C)C1=O. The summed E-state index contributed by atoms with van der Waals surface area (Å²) in [5.74, 6) is -0.0946. The number of carbonyl (C=O) groups excluding carboxylic acids is 1. The molecule has 0 saturated heterocycles. The van der Waals surface area contributed by atoms with Gasteiger partial charge >= 0.3 is 0 Å². The molecule has 128 valence electrons. The number of carbonyl (C=O) groups is 1. The van der Waals surface area contributed by atoms with E-state index in [0.29, 0.717) is 6.42 Å². The van der Waals surface area contributed by atoms with Gasteiger partial charge in [0, 0.05) is 36.6 Å². The molecule has 1 aliphatic heterocycles. The van der Waals surface area contributed by atoms with E-state index in [4.69, 9.17) is 0 Å². The summed E-state index contributed by atoms with van der Waals surface area (Å²) < 4.78 is 2.21. The molecule has 1 unspecified atom stereocenters. The van der Waals surface area contributed by atoms with Gasteiger partial charge < -0.3 is 14.6 Å². The minimum atomic E-state index is -0.763. The number of hydrogen-bond acceptors (Lipinski definition) is 2. The van der Waals surface area contributed by atoms with E-state index in [2.05, 4.69) is 34.9 Å². The maximum Gasteiger partial charge on any atom is 0.258 e. The van der Waals surface area contributed by atoms with Gasteiger partial charge in [-0.05, 0) is 31.0 Å². The number of benzene rings is 2. The number of hydrogen-bond donors (Lipinski definition) is 1. The summed E-state index contributed by atoms with van der Waals surface area (Å²) in [4.78, 5) is 14.2. The molecule has 4 nitrogen and oxygen atoms in total. The lowest BCUT2D eigenvalue weighted by Gasteiger charge is -2.29. The maximum atomic E-state index is 12.8. The molecule has 0 spiro atoms. The third-order valence-corrected chi connectivity index (χ3v) is 5.15. The fraction of sp³-hybridized carbons (Fsp3) is 0.286. The van der Waals surface area contributed by atoms with Crippen molar-refractivity contribution >= 4 is 16.8 Å². The van der Waals surface area contributed by atoms with Crippen LogP contribution in [0.25, 0.3) is 10.9 Å². The first kappa shape index (κ1) is 15.9. The van der Waals surface area contributed by atoms with Crippen molar-refractivity contribution in [3.8, 4) is 0 Å². The normalized spacial score (nSPS) is 17.2. The highest BCUT2D eigenvalue weighted by Gasteiger charge is 2.33. The van der Waals surface area contributed by atoms with Crippen molar-refractivity contribution in [3.05, 3.63) is 70.9 Å². The van der Waals surface area contributed by atoms with E-state index >= 15 is 0 Å². The molecule has 0 bridgehead atoms. The number of aromatic nitrogens is 1. The van der Waals surface area contributed by atoms with Crippen molar-refractivity contribution in [1.82, 2.24) is 9.47 Å². The Balaban J connectivity index is 1.83. The maximum absolute atomic E-state index is 12.8. The average molecular weight is 334 g/mol. The van der Waals surface area contributed by atoms with Crippen LogP contribution in [0.3, 0.4) is 0 Å². The van der Waals surface area contributed by atoms with Crippen molar-refractivity contribution < 1.29 is 9.90 Å². The average Bonchev–Trinajstić information content (AvgIpc) is 2.91. The second kappa shape index (κ2) is 6.05. The molecule has 3 aromatic rings. The van der Waals surface area contributed by atoms with Crippen LogP contribution in [0.5, 0.6) is 0 Å². The fourth-order valence-electron chi connectivity index (χ4n) is 3.73. The molecule has 0 aliphatic carbocycles. The number of likely N-dealkylation sites (N-methyl/N-ethyl adjacent to an activating group) is 1. The van der Waals surface area contributed by atoms with Crippen molar-refractivity contribution in [2.24, 2.45) is 0 Å². The molecule has 4 rings (SSSR count). The van der Waals surface area contributed by atoms with E-state index in [9.17, 15) is 9.90 Å². The Kier molecular flexibility index (Phi) is 3.85. The van der Waals surface area contributed by atoms with E-state index in [1.54, 1.807) is 7.05 Å². The zero-order valence-electron chi connectivity index (χ0n) is 14.6. The first-order chi connectivity index (χ1) is 12.1. The van der Waals surface area contributed by atoms with Crippen LogP contribution in [-0.2, 0) is 19.4 Å². The zero-order chi connectivity index (χ0) is 17.6. The van der Waals surface area contributed by atoms with Crippen LogP contribution in [0.4, 0.5) is 0 Å². The Morgan fingerprint density at radius 2 is 1.92 bits per heavy atom. The van der Waals surface area contributed by atoms with E-state index < -0.39 is 6.23 Å². The van der Waals surface area contributed by atoms with Crippen molar-refractivity contribution in [2.75, 3.05) is 7.05 Å². The van der Waals surface area contributed by atoms with Crippen LogP contribution in [0.2, 0.25) is 0 Å². The summed E-state index contributed by atoms with van der Waals surface area (Å²) in [6.07, 6.45) is 0.603. The van der Waals surface area contributed by atoms with E-state index in [1.807, 2.05) is 25.1 Å². The number of nitrogens with zero attached hydrogens (tertiary/aromatic N) is 2. The van der Waals surface area contributed by atoms with E-state index in [-0.39, 0.29) is 5.91 Å². The zero-order valence-corrected chi connectivity index (χ0v) is 14.6. The van der Waals surface area contributed by atoms with Crippen LogP contribution >= 0.6 is 0 Å². The number of aliphatic hydroxyl groups is 1. The summed E-state index contributed by atoms with van der Waals surface area (Å²) in [5.41, 5.74) is 5.18. The van der Waals surface area contributed by atoms with Gasteiger partial charge in [-0.3, -0.25) is 4.79 Å². The highest BCUT2D eigenvalue weighted by Crippen LogP contribution is 2.33. The summed E-state index contributed by atoms with van der Waals surface area (Å²) in [6, 6.07) is 16.6. The second-order valence-corrected chi connectivity index (χ2v) is 6.83. The Morgan fingerprint density at radius 1 is 1.16 bits per heavy atom. The predicted molar refractivity (Wildman–Crippen MR) is 98.6 cm³/mol. The minimum absolute atomic E-state index is 0.0946. The molecule has 2 aromatic carbocycles. The number of fused-ring (bicyclic) bond motifs is 3. The van der Waals surface area contributed by atoms with Gasteiger partial charge in [0.25, 0.3) is 5.91 Å². The van der Waals surface area contributed by atoms with E-state index in [0.717, 1.165) is 40.7 Å². The quantitative estimate of drug-likeness (QED) is 0.800. The second-order valence-electron chi connectivity index (χ2n) is 6.83. The van der Waals surface area contributed by atoms with Gasteiger partial charge in [-0.1, -0.05) is 42.0 Å². The van der Waals surface area contributed by atoms with Gasteiger partial charge in [0.1, 0.15) is 6.23 Å². The predicted octanol–water partition coefficient (Wildman–Crippen LogP) is 3.14. The van der Waals surface area contributed by atoms with Gasteiger partial charge in [-0.2, -0.15) is 0 Å². The van der Waals surface area contributed by atoms with Crippen LogP contribution in [0.15, 0.2) is 48.5 Å². The largest absolute Gasteiger partial charge is 0.373 e. The summed E-state index contributed by atoms with van der Waals surface area (Å²) in [6.45, 7) is 2.83. The number of amides is 1. The van der Waals surface area contributed by atoms with Crippen LogP contribution < -0.4 is 0 Å². The lowest BCUT2D eigenvalue weighted by molar-refractivity contribution is 0.0143. The smallest absolute Gasteiger partial charge is 0.258 e. The molecule has 1 aromatic heterocycles. The standard InChI is InChI=1S/C21H22N2O2/c1-14-8-9-17-16(12-14)20-18(13-19(24)22(2)21(20)25)23(17)11-10-15-6-4-3-5-7-15/h3-9,12,19,24H,10-11,13H2,1-2H3. The van der Waals surface area contributed by atoms with Crippen molar-refractivity contribution in [2.45, 2.75) is 32.5 Å². The Hall–Kier alpha value is -2.59.